The molecule has 0 atom stereocenters. The Bertz CT molecular complexity index is 1000. The van der Waals surface area contributed by atoms with Gasteiger partial charge in [0.15, 0.2) is 0 Å². The van der Waals surface area contributed by atoms with E-state index in [-0.39, 0.29) is 17.4 Å². The Morgan fingerprint density at radius 2 is 2.14 bits per heavy atom. The normalized spacial score (nSPS) is 11.5. The monoisotopic (exact) mass is 423 g/mol. The van der Waals surface area contributed by atoms with Crippen LogP contribution in [0.2, 0.25) is 0 Å². The Labute approximate surface area is 166 Å². The maximum Gasteiger partial charge on any atom is 0.250 e. The molecule has 3 rings (SSSR count). The van der Waals surface area contributed by atoms with Gasteiger partial charge in [-0.1, -0.05) is 0 Å². The molecule has 0 aliphatic carbocycles. The van der Waals surface area contributed by atoms with Gasteiger partial charge < -0.3 is 20.7 Å². The number of nitrogens with zero attached hydrogens (tertiary/aromatic N) is 3. The Kier molecular flexibility index (Phi) is 6.57. The lowest BCUT2D eigenvalue weighted by molar-refractivity contribution is 0.311. The first-order valence-electron chi connectivity index (χ1n) is 8.49. The number of aliphatic hydroxyl groups is 1. The zero-order valence-corrected chi connectivity index (χ0v) is 16.8. The van der Waals surface area contributed by atoms with Crippen LogP contribution in [0.5, 0.6) is 0 Å². The number of aliphatic hydroxyl groups excluding tert-OH is 1. The van der Waals surface area contributed by atoms with Gasteiger partial charge >= 0.3 is 0 Å². The second-order valence-corrected chi connectivity index (χ2v) is 8.78. The number of aryl methyl sites for hydroxylation is 1. The molecule has 0 fully saturated rings. The van der Waals surface area contributed by atoms with Gasteiger partial charge in [0.05, 0.1) is 18.6 Å². The summed E-state index contributed by atoms with van der Waals surface area (Å²) in [4.78, 5) is 15.4. The molecular formula is C16H21N7O3S2. The minimum atomic E-state index is -3.60. The van der Waals surface area contributed by atoms with E-state index in [1.807, 2.05) is 6.92 Å². The highest BCUT2D eigenvalue weighted by atomic mass is 32.2. The van der Waals surface area contributed by atoms with Crippen LogP contribution in [0.4, 0.5) is 17.5 Å². The van der Waals surface area contributed by atoms with Gasteiger partial charge in [-0.2, -0.15) is 4.98 Å². The van der Waals surface area contributed by atoms with Crippen molar-refractivity contribution >= 4 is 38.8 Å². The number of hydrogen-bond donors (Lipinski definition) is 5. The van der Waals surface area contributed by atoms with Crippen molar-refractivity contribution in [2.75, 3.05) is 30.3 Å². The highest BCUT2D eigenvalue weighted by Crippen LogP contribution is 2.26. The van der Waals surface area contributed by atoms with Crippen LogP contribution in [-0.2, 0) is 16.4 Å². The Morgan fingerprint density at radius 3 is 2.89 bits per heavy atom. The zero-order valence-electron chi connectivity index (χ0n) is 15.1. The highest BCUT2D eigenvalue weighted by molar-refractivity contribution is 7.91. The van der Waals surface area contributed by atoms with E-state index in [1.165, 1.54) is 6.07 Å². The van der Waals surface area contributed by atoms with E-state index in [9.17, 15) is 8.42 Å². The van der Waals surface area contributed by atoms with Crippen molar-refractivity contribution in [2.45, 2.75) is 17.6 Å². The molecule has 12 heteroatoms. The van der Waals surface area contributed by atoms with E-state index >= 15 is 0 Å². The SMILES string of the molecule is Cc1cnc(Nc2csc(S(=O)(=O)NCCc3cnc[nH]3)c2)nc1NCCO. The Balaban J connectivity index is 1.63. The number of H-pyrrole nitrogens is 1. The van der Waals surface area contributed by atoms with Crippen molar-refractivity contribution in [1.29, 1.82) is 0 Å². The summed E-state index contributed by atoms with van der Waals surface area (Å²) in [5.41, 5.74) is 2.28. The number of anilines is 3. The number of aromatic nitrogens is 4. The van der Waals surface area contributed by atoms with E-state index in [4.69, 9.17) is 5.11 Å². The third-order valence-electron chi connectivity index (χ3n) is 3.71. The van der Waals surface area contributed by atoms with Crippen LogP contribution in [0.25, 0.3) is 0 Å². The quantitative estimate of drug-likeness (QED) is 0.327. The van der Waals surface area contributed by atoms with Crippen LogP contribution in [0.15, 0.2) is 34.4 Å². The van der Waals surface area contributed by atoms with E-state index < -0.39 is 10.0 Å². The molecule has 0 radical (unpaired) electrons. The van der Waals surface area contributed by atoms with Crippen molar-refractivity contribution in [2.24, 2.45) is 0 Å². The first-order valence-corrected chi connectivity index (χ1v) is 10.8. The lowest BCUT2D eigenvalue weighted by atomic mass is 10.3. The van der Waals surface area contributed by atoms with E-state index in [2.05, 4.69) is 35.3 Å². The number of sulfonamides is 1. The smallest absolute Gasteiger partial charge is 0.250 e. The van der Waals surface area contributed by atoms with E-state index in [1.54, 1.807) is 24.1 Å². The second kappa shape index (κ2) is 9.10. The second-order valence-electron chi connectivity index (χ2n) is 5.88. The molecule has 150 valence electrons. The van der Waals surface area contributed by atoms with Crippen LogP contribution in [-0.4, -0.2) is 53.2 Å². The molecule has 3 aromatic rings. The molecule has 28 heavy (non-hydrogen) atoms. The van der Waals surface area contributed by atoms with E-state index in [0.29, 0.717) is 30.4 Å². The summed E-state index contributed by atoms with van der Waals surface area (Å²) in [6.45, 7) is 2.49. The molecule has 0 aliphatic heterocycles. The number of nitrogens with one attached hydrogen (secondary N) is 4. The molecule has 0 amide bonds. The fourth-order valence-corrected chi connectivity index (χ4v) is 4.51. The molecule has 0 spiro atoms. The molecule has 3 heterocycles. The molecule has 3 aromatic heterocycles. The number of hydrogen-bond acceptors (Lipinski definition) is 9. The van der Waals surface area contributed by atoms with Gasteiger partial charge in [0.1, 0.15) is 10.0 Å². The van der Waals surface area contributed by atoms with Crippen molar-refractivity contribution in [1.82, 2.24) is 24.7 Å². The molecule has 0 unspecified atom stereocenters. The number of thiophene rings is 1. The van der Waals surface area contributed by atoms with Gasteiger partial charge in [0.25, 0.3) is 0 Å². The Morgan fingerprint density at radius 1 is 1.29 bits per heavy atom. The first kappa shape index (κ1) is 20.2. The van der Waals surface area contributed by atoms with Crippen LogP contribution in [0.1, 0.15) is 11.3 Å². The molecular weight excluding hydrogens is 402 g/mol. The minimum absolute atomic E-state index is 0.00861. The largest absolute Gasteiger partial charge is 0.395 e. The number of imidazole rings is 1. The van der Waals surface area contributed by atoms with Crippen molar-refractivity contribution < 1.29 is 13.5 Å². The molecule has 0 saturated heterocycles. The van der Waals surface area contributed by atoms with Crippen LogP contribution >= 0.6 is 11.3 Å². The molecule has 0 bridgehead atoms. The van der Waals surface area contributed by atoms with Crippen LogP contribution < -0.4 is 15.4 Å². The lowest BCUT2D eigenvalue weighted by Gasteiger charge is -2.09. The van der Waals surface area contributed by atoms with Crippen molar-refractivity contribution in [3.05, 3.63) is 41.4 Å². The minimum Gasteiger partial charge on any atom is -0.395 e. The summed E-state index contributed by atoms with van der Waals surface area (Å²) in [6.07, 6.45) is 5.39. The summed E-state index contributed by atoms with van der Waals surface area (Å²) in [5.74, 6) is 0.940. The average molecular weight is 424 g/mol. The molecule has 0 aromatic carbocycles. The average Bonchev–Trinajstić information content (AvgIpc) is 3.34. The summed E-state index contributed by atoms with van der Waals surface area (Å²) in [5, 5.41) is 16.6. The van der Waals surface area contributed by atoms with Gasteiger partial charge in [-0.3, -0.25) is 0 Å². The van der Waals surface area contributed by atoms with Gasteiger partial charge in [-0.25, -0.2) is 23.1 Å². The summed E-state index contributed by atoms with van der Waals surface area (Å²) < 4.78 is 27.6. The van der Waals surface area contributed by atoms with Crippen LogP contribution in [0, 0.1) is 6.92 Å². The predicted octanol–water partition coefficient (Wildman–Crippen LogP) is 1.24. The summed E-state index contributed by atoms with van der Waals surface area (Å²) in [6, 6.07) is 1.53. The van der Waals surface area contributed by atoms with Crippen molar-refractivity contribution in [3.63, 3.8) is 0 Å². The third-order valence-corrected chi connectivity index (χ3v) is 6.61. The van der Waals surface area contributed by atoms with Crippen molar-refractivity contribution in [3.8, 4) is 0 Å². The van der Waals surface area contributed by atoms with Gasteiger partial charge in [0, 0.05) is 48.5 Å². The fraction of sp³-hybridized carbons (Fsp3) is 0.312. The molecule has 0 saturated carbocycles. The van der Waals surface area contributed by atoms with Crippen LogP contribution in [0.3, 0.4) is 0 Å². The van der Waals surface area contributed by atoms with Gasteiger partial charge in [0.2, 0.25) is 16.0 Å². The fourth-order valence-electron chi connectivity index (χ4n) is 2.32. The first-order chi connectivity index (χ1) is 13.5. The molecule has 5 N–H and O–H groups in total. The van der Waals surface area contributed by atoms with Gasteiger partial charge in [-0.05, 0) is 13.0 Å². The third kappa shape index (κ3) is 5.25. The van der Waals surface area contributed by atoms with Gasteiger partial charge in [-0.15, -0.1) is 11.3 Å². The lowest BCUT2D eigenvalue weighted by Crippen LogP contribution is -2.25. The maximum absolute atomic E-state index is 12.4. The molecule has 10 nitrogen and oxygen atoms in total. The van der Waals surface area contributed by atoms with E-state index in [0.717, 1.165) is 22.6 Å². The zero-order chi connectivity index (χ0) is 20.0. The summed E-state index contributed by atoms with van der Waals surface area (Å²) >= 11 is 1.11. The number of rotatable bonds is 10. The summed E-state index contributed by atoms with van der Waals surface area (Å²) in [7, 11) is -3.60. The standard InChI is InChI=1S/C16H21N7O3S2/c1-11-7-19-16(23-15(11)18-4-5-24)22-13-6-14(27-9-13)28(25,26)21-3-2-12-8-17-10-20-12/h6-10,21,24H,2-5H2,1H3,(H,17,20)(H2,18,19,22,23). The topological polar surface area (TPSA) is 145 Å². The highest BCUT2D eigenvalue weighted by Gasteiger charge is 2.17. The molecule has 0 aliphatic rings. The Hall–Kier alpha value is -2.54. The maximum atomic E-state index is 12.4. The predicted molar refractivity (Wildman–Crippen MR) is 107 cm³/mol. The number of aromatic amines is 1.